The molecular weight excluding hydrogens is 446 g/mol. The average molecular weight is 484 g/mol. The fourth-order valence-electron chi connectivity index (χ4n) is 6.11. The smallest absolute Gasteiger partial charge is 0.255 e. The Morgan fingerprint density at radius 3 is 2.62 bits per heavy atom. The van der Waals surface area contributed by atoms with Crippen LogP contribution in [-0.4, -0.2) is 47.0 Å². The second kappa shape index (κ2) is 10.4. The molecule has 2 aliphatic carbocycles. The summed E-state index contributed by atoms with van der Waals surface area (Å²) >= 11 is 1.85. The van der Waals surface area contributed by atoms with Gasteiger partial charge in [0.1, 0.15) is 6.04 Å². The molecule has 184 valence electrons. The minimum atomic E-state index is -0.544. The molecule has 1 unspecified atom stereocenters. The van der Waals surface area contributed by atoms with Gasteiger partial charge in [0, 0.05) is 29.5 Å². The van der Waals surface area contributed by atoms with Gasteiger partial charge in [0.2, 0.25) is 11.8 Å². The molecule has 0 bridgehead atoms. The number of hydrogen-bond donors (Lipinski definition) is 2. The molecule has 7 heteroatoms. The zero-order chi connectivity index (χ0) is 23.5. The summed E-state index contributed by atoms with van der Waals surface area (Å²) in [7, 11) is 0. The molecule has 3 amide bonds. The van der Waals surface area contributed by atoms with Gasteiger partial charge < -0.3 is 10.2 Å². The van der Waals surface area contributed by atoms with Crippen LogP contribution in [0.1, 0.15) is 93.0 Å². The van der Waals surface area contributed by atoms with Gasteiger partial charge in [-0.05, 0) is 86.4 Å². The van der Waals surface area contributed by atoms with E-state index in [0.29, 0.717) is 18.5 Å². The van der Waals surface area contributed by atoms with Gasteiger partial charge in [0.15, 0.2) is 0 Å². The third kappa shape index (κ3) is 5.20. The van der Waals surface area contributed by atoms with Crippen molar-refractivity contribution in [2.45, 2.75) is 101 Å². The molecule has 2 heterocycles. The maximum absolute atomic E-state index is 12.8. The lowest BCUT2D eigenvalue weighted by Crippen LogP contribution is -2.52. The number of hydrogen-bond acceptors (Lipinski definition) is 5. The highest BCUT2D eigenvalue weighted by Gasteiger charge is 2.47. The first-order valence-corrected chi connectivity index (χ1v) is 14.2. The summed E-state index contributed by atoms with van der Waals surface area (Å²) in [5.74, 6) is 0.380. The predicted octanol–water partition coefficient (Wildman–Crippen LogP) is 4.41. The van der Waals surface area contributed by atoms with E-state index in [1.54, 1.807) is 4.90 Å². The molecule has 3 fully saturated rings. The molecular formula is C27H37N3O3S. The van der Waals surface area contributed by atoms with Crippen molar-refractivity contribution >= 4 is 29.5 Å². The van der Waals surface area contributed by atoms with Gasteiger partial charge >= 0.3 is 0 Å². The van der Waals surface area contributed by atoms with Gasteiger partial charge in [-0.3, -0.25) is 19.7 Å². The van der Waals surface area contributed by atoms with E-state index in [1.807, 2.05) is 23.9 Å². The number of benzene rings is 1. The van der Waals surface area contributed by atoms with E-state index in [1.165, 1.54) is 75.6 Å². The van der Waals surface area contributed by atoms with Gasteiger partial charge in [0.05, 0.1) is 0 Å². The van der Waals surface area contributed by atoms with Crippen LogP contribution in [0.5, 0.6) is 0 Å². The Morgan fingerprint density at radius 1 is 1.06 bits per heavy atom. The van der Waals surface area contributed by atoms with Crippen LogP contribution in [0.4, 0.5) is 0 Å². The molecule has 5 rings (SSSR count). The van der Waals surface area contributed by atoms with Crippen LogP contribution in [-0.2, 0) is 16.1 Å². The summed E-state index contributed by atoms with van der Waals surface area (Å²) in [6.45, 7) is 1.63. The second-order valence-corrected chi connectivity index (χ2v) is 11.9. The average Bonchev–Trinajstić information content (AvgIpc) is 3.08. The molecule has 34 heavy (non-hydrogen) atoms. The number of nitrogens with one attached hydrogen (secondary N) is 2. The van der Waals surface area contributed by atoms with Gasteiger partial charge in [-0.1, -0.05) is 25.7 Å². The zero-order valence-electron chi connectivity index (χ0n) is 20.1. The molecule has 4 aliphatic rings. The number of amides is 3. The quantitative estimate of drug-likeness (QED) is 0.277. The van der Waals surface area contributed by atoms with Gasteiger partial charge in [-0.2, -0.15) is 0 Å². The van der Waals surface area contributed by atoms with Crippen molar-refractivity contribution in [2.24, 2.45) is 5.41 Å². The monoisotopic (exact) mass is 483 g/mol. The number of nitrogens with zero attached hydrogens (tertiary/aromatic N) is 1. The first kappa shape index (κ1) is 23.9. The normalized spacial score (nSPS) is 23.6. The van der Waals surface area contributed by atoms with E-state index in [2.05, 4.69) is 16.7 Å². The van der Waals surface area contributed by atoms with Crippen LogP contribution in [0, 0.1) is 5.41 Å². The lowest BCUT2D eigenvalue weighted by atomic mass is 9.54. The van der Waals surface area contributed by atoms with Crippen LogP contribution in [0.25, 0.3) is 0 Å². The maximum atomic E-state index is 12.8. The zero-order valence-corrected chi connectivity index (χ0v) is 20.9. The Bertz CT molecular complexity index is 937. The Hall–Kier alpha value is -1.86. The van der Waals surface area contributed by atoms with Crippen molar-refractivity contribution in [3.05, 3.63) is 29.3 Å². The van der Waals surface area contributed by atoms with E-state index in [0.717, 1.165) is 22.8 Å². The van der Waals surface area contributed by atoms with Crippen molar-refractivity contribution in [3.63, 3.8) is 0 Å². The number of unbranched alkanes of at least 4 members (excludes halogenated alkanes) is 4. The van der Waals surface area contributed by atoms with Crippen molar-refractivity contribution in [1.82, 2.24) is 15.5 Å². The molecule has 1 aromatic carbocycles. The highest BCUT2D eigenvalue weighted by Crippen LogP contribution is 2.55. The molecule has 0 radical (unpaired) electrons. The fraction of sp³-hybridized carbons (Fsp3) is 0.667. The van der Waals surface area contributed by atoms with E-state index in [9.17, 15) is 14.4 Å². The minimum absolute atomic E-state index is 0.101. The molecule has 1 aromatic rings. The van der Waals surface area contributed by atoms with E-state index in [4.69, 9.17) is 0 Å². The summed E-state index contributed by atoms with van der Waals surface area (Å²) < 4.78 is 0. The molecule has 1 atom stereocenters. The number of carbonyl (C=O) groups excluding carboxylic acids is 3. The van der Waals surface area contributed by atoms with E-state index in [-0.39, 0.29) is 24.1 Å². The number of piperidine rings is 1. The Morgan fingerprint density at radius 2 is 1.85 bits per heavy atom. The molecule has 1 spiro atoms. The molecule has 1 saturated heterocycles. The summed E-state index contributed by atoms with van der Waals surface area (Å²) in [6.07, 6.45) is 14.3. The predicted molar refractivity (Wildman–Crippen MR) is 134 cm³/mol. The first-order valence-electron chi connectivity index (χ1n) is 13.2. The summed E-state index contributed by atoms with van der Waals surface area (Å²) in [6, 6.07) is 6.28. The molecule has 6 nitrogen and oxygen atoms in total. The van der Waals surface area contributed by atoms with Crippen molar-refractivity contribution in [3.8, 4) is 0 Å². The topological polar surface area (TPSA) is 78.5 Å². The Labute approximate surface area is 207 Å². The van der Waals surface area contributed by atoms with Crippen molar-refractivity contribution in [1.29, 1.82) is 0 Å². The number of fused-ring (bicyclic) bond motifs is 1. The van der Waals surface area contributed by atoms with E-state index < -0.39 is 6.04 Å². The fourth-order valence-corrected chi connectivity index (χ4v) is 7.08. The van der Waals surface area contributed by atoms with E-state index >= 15 is 0 Å². The van der Waals surface area contributed by atoms with Crippen LogP contribution >= 0.6 is 11.8 Å². The lowest BCUT2D eigenvalue weighted by molar-refractivity contribution is -0.136. The van der Waals surface area contributed by atoms with Crippen LogP contribution < -0.4 is 10.6 Å². The number of carbonyl (C=O) groups is 3. The highest BCUT2D eigenvalue weighted by atomic mass is 32.2. The molecule has 2 saturated carbocycles. The maximum Gasteiger partial charge on any atom is 0.255 e. The molecule has 0 aromatic heterocycles. The first-order chi connectivity index (χ1) is 16.5. The number of thioether (sulfide) groups is 1. The molecule has 2 N–H and O–H groups in total. The lowest BCUT2D eigenvalue weighted by Gasteiger charge is -2.54. The third-order valence-corrected chi connectivity index (χ3v) is 9.37. The number of rotatable bonds is 11. The Balaban J connectivity index is 0.956. The highest BCUT2D eigenvalue weighted by molar-refractivity contribution is 7.99. The largest absolute Gasteiger partial charge is 0.322 e. The minimum Gasteiger partial charge on any atom is -0.322 e. The van der Waals surface area contributed by atoms with Crippen LogP contribution in [0.2, 0.25) is 0 Å². The van der Waals surface area contributed by atoms with Crippen LogP contribution in [0.3, 0.4) is 0 Å². The summed E-state index contributed by atoms with van der Waals surface area (Å²) in [5, 5.41) is 6.11. The second-order valence-electron chi connectivity index (χ2n) is 10.7. The standard InChI is InChI=1S/C27H37N3O3S/c31-24-10-9-23(25(32)29-24)30-18-19-15-21(7-8-22(19)26(30)33)34-14-5-3-1-2-4-13-28-20-16-27(17-20)11-6-12-27/h7-8,15,20,23,28H,1-6,9-14,16-18H2,(H,29,31,32). The Kier molecular flexibility index (Phi) is 7.30. The SMILES string of the molecule is O=C1CCC(N2Cc3cc(SCCCCCCCNC4CC5(CCC5)C4)ccc3C2=O)C(=O)N1. The van der Waals surface area contributed by atoms with Crippen LogP contribution in [0.15, 0.2) is 23.1 Å². The third-order valence-electron chi connectivity index (χ3n) is 8.29. The van der Waals surface area contributed by atoms with Crippen molar-refractivity contribution in [2.75, 3.05) is 12.3 Å². The van der Waals surface area contributed by atoms with Gasteiger partial charge in [-0.15, -0.1) is 11.8 Å². The summed E-state index contributed by atoms with van der Waals surface area (Å²) in [5.41, 5.74) is 2.45. The summed E-state index contributed by atoms with van der Waals surface area (Å²) in [4.78, 5) is 39.2. The number of imide groups is 1. The van der Waals surface area contributed by atoms with Gasteiger partial charge in [0.25, 0.3) is 5.91 Å². The van der Waals surface area contributed by atoms with Gasteiger partial charge in [-0.25, -0.2) is 0 Å². The molecule has 2 aliphatic heterocycles. The van der Waals surface area contributed by atoms with Crippen molar-refractivity contribution < 1.29 is 14.4 Å².